The summed E-state index contributed by atoms with van der Waals surface area (Å²) < 4.78 is 0. The van der Waals surface area contributed by atoms with Gasteiger partial charge in [0, 0.05) is 54.0 Å². The third-order valence-corrected chi connectivity index (χ3v) is 5.87. The van der Waals surface area contributed by atoms with E-state index in [0.717, 1.165) is 65.7 Å². The summed E-state index contributed by atoms with van der Waals surface area (Å²) in [5.74, 6) is 0.741. The Balaban J connectivity index is 1.30. The minimum absolute atomic E-state index is 0.651. The van der Waals surface area contributed by atoms with E-state index >= 15 is 0 Å². The number of pyridine rings is 1. The molecule has 5 nitrogen and oxygen atoms in total. The third kappa shape index (κ3) is 4.38. The predicted molar refractivity (Wildman–Crippen MR) is 125 cm³/mol. The van der Waals surface area contributed by atoms with E-state index < -0.39 is 0 Å². The van der Waals surface area contributed by atoms with Gasteiger partial charge in [0.15, 0.2) is 5.82 Å². The smallest absolute Gasteiger partial charge is 0.159 e. The number of rotatable bonds is 4. The molecule has 2 aromatic carbocycles. The zero-order valence-electron chi connectivity index (χ0n) is 17.4. The lowest BCUT2D eigenvalue weighted by atomic mass is 10.1. The second-order valence-corrected chi connectivity index (χ2v) is 8.27. The fourth-order valence-electron chi connectivity index (χ4n) is 3.92. The van der Waals surface area contributed by atoms with Gasteiger partial charge in [-0.1, -0.05) is 29.8 Å². The summed E-state index contributed by atoms with van der Waals surface area (Å²) in [6.45, 7) is 2.49. The molecule has 1 aliphatic rings. The first-order chi connectivity index (χ1) is 15.7. The second-order valence-electron chi connectivity index (χ2n) is 7.84. The number of hydrogen-bond donors (Lipinski definition) is 0. The van der Waals surface area contributed by atoms with Gasteiger partial charge in [0.2, 0.25) is 0 Å². The number of fused-ring (bicyclic) bond motifs is 1. The van der Waals surface area contributed by atoms with E-state index in [1.54, 1.807) is 0 Å². The van der Waals surface area contributed by atoms with E-state index in [9.17, 15) is 0 Å². The number of halogens is 1. The van der Waals surface area contributed by atoms with Gasteiger partial charge in [-0.3, -0.25) is 9.88 Å². The van der Waals surface area contributed by atoms with Gasteiger partial charge in [0.05, 0.1) is 28.7 Å². The predicted octanol–water partition coefficient (Wildman–Crippen LogP) is 5.29. The van der Waals surface area contributed by atoms with Crippen molar-refractivity contribution in [1.82, 2.24) is 19.9 Å². The van der Waals surface area contributed by atoms with Gasteiger partial charge in [0.1, 0.15) is 0 Å². The van der Waals surface area contributed by atoms with Crippen LogP contribution in [-0.2, 0) is 19.5 Å². The van der Waals surface area contributed by atoms with E-state index in [1.807, 2.05) is 66.9 Å². The van der Waals surface area contributed by atoms with Crippen molar-refractivity contribution in [3.8, 4) is 28.7 Å². The lowest BCUT2D eigenvalue weighted by molar-refractivity contribution is 0.240. The molecule has 0 saturated carbocycles. The Morgan fingerprint density at radius 3 is 2.50 bits per heavy atom. The molecule has 3 heterocycles. The average molecular weight is 438 g/mol. The first kappa shape index (κ1) is 20.3. The number of nitrogens with zero attached hydrogens (tertiary/aromatic N) is 5. The Morgan fingerprint density at radius 2 is 1.72 bits per heavy atom. The van der Waals surface area contributed by atoms with E-state index in [4.69, 9.17) is 26.8 Å². The van der Waals surface area contributed by atoms with Crippen LogP contribution in [-0.4, -0.2) is 26.4 Å². The van der Waals surface area contributed by atoms with Gasteiger partial charge in [-0.25, -0.2) is 9.97 Å². The molecule has 0 N–H and O–H groups in total. The Labute approximate surface area is 192 Å². The molecule has 0 aliphatic carbocycles. The van der Waals surface area contributed by atoms with Crippen LogP contribution < -0.4 is 0 Å². The van der Waals surface area contributed by atoms with Gasteiger partial charge in [-0.05, 0) is 48.5 Å². The number of aromatic nitrogens is 3. The van der Waals surface area contributed by atoms with Crippen LogP contribution in [0.4, 0.5) is 0 Å². The molecule has 4 aromatic rings. The number of benzene rings is 2. The Morgan fingerprint density at radius 1 is 0.938 bits per heavy atom. The Kier molecular flexibility index (Phi) is 5.64. The summed E-state index contributed by atoms with van der Waals surface area (Å²) in [6, 6.07) is 23.4. The molecule has 0 unspecified atom stereocenters. The molecule has 5 rings (SSSR count). The van der Waals surface area contributed by atoms with Crippen LogP contribution in [0.25, 0.3) is 22.6 Å². The van der Waals surface area contributed by atoms with E-state index in [-0.39, 0.29) is 0 Å². The molecule has 0 spiro atoms. The molecule has 1 aliphatic heterocycles. The maximum atomic E-state index is 8.99. The quantitative estimate of drug-likeness (QED) is 0.434. The normalized spacial score (nSPS) is 13.4. The molecule has 6 heteroatoms. The van der Waals surface area contributed by atoms with Gasteiger partial charge >= 0.3 is 0 Å². The van der Waals surface area contributed by atoms with Crippen LogP contribution in [0.2, 0.25) is 5.02 Å². The van der Waals surface area contributed by atoms with Crippen molar-refractivity contribution in [2.75, 3.05) is 6.54 Å². The standard InChI is InChI=1S/C26H20ClN5/c27-22-10-8-20(9-11-22)26-29-15-21-16-32(13-12-25(21)31-26)17-23-2-1-3-24(30-23)19-6-4-18(14-28)5-7-19/h1-11,15H,12-13,16-17H2. The van der Waals surface area contributed by atoms with Crippen LogP contribution in [0.15, 0.2) is 72.9 Å². The van der Waals surface area contributed by atoms with Crippen LogP contribution in [0.5, 0.6) is 0 Å². The molecule has 156 valence electrons. The van der Waals surface area contributed by atoms with Gasteiger partial charge in [-0.2, -0.15) is 5.26 Å². The first-order valence-corrected chi connectivity index (χ1v) is 10.9. The number of nitriles is 1. The van der Waals surface area contributed by atoms with Crippen molar-refractivity contribution in [3.63, 3.8) is 0 Å². The minimum Gasteiger partial charge on any atom is -0.293 e. The zero-order chi connectivity index (χ0) is 21.9. The lowest BCUT2D eigenvalue weighted by Crippen LogP contribution is -2.31. The molecule has 2 aromatic heterocycles. The molecule has 0 amide bonds. The first-order valence-electron chi connectivity index (χ1n) is 10.5. The van der Waals surface area contributed by atoms with E-state index in [1.165, 1.54) is 0 Å². The maximum Gasteiger partial charge on any atom is 0.159 e. The molecule has 32 heavy (non-hydrogen) atoms. The average Bonchev–Trinajstić information content (AvgIpc) is 2.84. The fourth-order valence-corrected chi connectivity index (χ4v) is 4.05. The van der Waals surface area contributed by atoms with Gasteiger partial charge in [0.25, 0.3) is 0 Å². The minimum atomic E-state index is 0.651. The summed E-state index contributed by atoms with van der Waals surface area (Å²) in [7, 11) is 0. The highest BCUT2D eigenvalue weighted by molar-refractivity contribution is 6.30. The summed E-state index contributed by atoms with van der Waals surface area (Å²) in [5, 5.41) is 9.70. The van der Waals surface area contributed by atoms with Crippen molar-refractivity contribution in [3.05, 3.63) is 100 Å². The Hall–Kier alpha value is -3.59. The summed E-state index contributed by atoms with van der Waals surface area (Å²) in [4.78, 5) is 16.6. The van der Waals surface area contributed by atoms with Crippen LogP contribution >= 0.6 is 11.6 Å². The molecule has 0 saturated heterocycles. The van der Waals surface area contributed by atoms with Gasteiger partial charge in [-0.15, -0.1) is 0 Å². The number of hydrogen-bond acceptors (Lipinski definition) is 5. The topological polar surface area (TPSA) is 65.7 Å². The molecular weight excluding hydrogens is 418 g/mol. The second kappa shape index (κ2) is 8.88. The summed E-state index contributed by atoms with van der Waals surface area (Å²) in [5.41, 5.74) is 6.85. The zero-order valence-corrected chi connectivity index (χ0v) is 18.1. The van der Waals surface area contributed by atoms with Crippen LogP contribution in [0.1, 0.15) is 22.5 Å². The van der Waals surface area contributed by atoms with Crippen LogP contribution in [0.3, 0.4) is 0 Å². The molecule has 0 atom stereocenters. The van der Waals surface area contributed by atoms with Crippen molar-refractivity contribution in [2.24, 2.45) is 0 Å². The van der Waals surface area contributed by atoms with Gasteiger partial charge < -0.3 is 0 Å². The summed E-state index contributed by atoms with van der Waals surface area (Å²) in [6.07, 6.45) is 2.83. The van der Waals surface area contributed by atoms with E-state index in [0.29, 0.717) is 10.6 Å². The van der Waals surface area contributed by atoms with Crippen molar-refractivity contribution < 1.29 is 0 Å². The molecule has 0 bridgehead atoms. The molecular formula is C26H20ClN5. The molecule has 0 radical (unpaired) electrons. The van der Waals surface area contributed by atoms with Crippen molar-refractivity contribution in [1.29, 1.82) is 5.26 Å². The monoisotopic (exact) mass is 437 g/mol. The highest BCUT2D eigenvalue weighted by Crippen LogP contribution is 2.24. The highest BCUT2D eigenvalue weighted by atomic mass is 35.5. The maximum absolute atomic E-state index is 8.99. The Bertz CT molecular complexity index is 1290. The van der Waals surface area contributed by atoms with Crippen molar-refractivity contribution >= 4 is 11.6 Å². The highest BCUT2D eigenvalue weighted by Gasteiger charge is 2.19. The SMILES string of the molecule is N#Cc1ccc(-c2cccc(CN3CCc4nc(-c5ccc(Cl)cc5)ncc4C3)n2)cc1. The van der Waals surface area contributed by atoms with E-state index in [2.05, 4.69) is 22.0 Å². The largest absolute Gasteiger partial charge is 0.293 e. The molecule has 0 fully saturated rings. The lowest BCUT2D eigenvalue weighted by Gasteiger charge is -2.27. The fraction of sp³-hybridized carbons (Fsp3) is 0.154. The summed E-state index contributed by atoms with van der Waals surface area (Å²) >= 11 is 5.99. The van der Waals surface area contributed by atoms with Crippen molar-refractivity contribution in [2.45, 2.75) is 19.5 Å². The van der Waals surface area contributed by atoms with Crippen LogP contribution in [0, 0.1) is 11.3 Å². The third-order valence-electron chi connectivity index (χ3n) is 5.62.